The van der Waals surface area contributed by atoms with Crippen LogP contribution >= 0.6 is 11.3 Å². The molecule has 0 aliphatic rings. The van der Waals surface area contributed by atoms with Crippen molar-refractivity contribution in [2.24, 2.45) is 0 Å². The van der Waals surface area contributed by atoms with Crippen molar-refractivity contribution >= 4 is 34.1 Å². The Labute approximate surface area is 113 Å². The van der Waals surface area contributed by atoms with E-state index in [9.17, 15) is 9.59 Å². The van der Waals surface area contributed by atoms with Gasteiger partial charge in [-0.1, -0.05) is 0 Å². The van der Waals surface area contributed by atoms with Gasteiger partial charge < -0.3 is 20.2 Å². The zero-order valence-corrected chi connectivity index (χ0v) is 11.2. The van der Waals surface area contributed by atoms with Crippen LogP contribution in [-0.4, -0.2) is 19.0 Å². The van der Waals surface area contributed by atoms with E-state index in [0.29, 0.717) is 10.6 Å². The van der Waals surface area contributed by atoms with Crippen molar-refractivity contribution in [3.05, 3.63) is 34.4 Å². The number of amides is 1. The summed E-state index contributed by atoms with van der Waals surface area (Å²) in [6.45, 7) is 1.83. The molecule has 2 aromatic rings. The zero-order chi connectivity index (χ0) is 14.0. The molecule has 2 aromatic heterocycles. The van der Waals surface area contributed by atoms with Crippen molar-refractivity contribution in [1.82, 2.24) is 0 Å². The smallest absolute Gasteiger partial charge is 0.340 e. The van der Waals surface area contributed by atoms with Gasteiger partial charge in [-0.05, 0) is 19.1 Å². The van der Waals surface area contributed by atoms with Crippen LogP contribution in [0.4, 0.5) is 10.9 Å². The molecule has 0 spiro atoms. The number of anilines is 2. The second-order valence-electron chi connectivity index (χ2n) is 3.75. The number of nitrogen functional groups attached to an aromatic ring is 1. The molecule has 0 aliphatic heterocycles. The molecule has 1 amide bonds. The molecule has 0 atom stereocenters. The molecule has 0 radical (unpaired) electrons. The average molecular weight is 280 g/mol. The van der Waals surface area contributed by atoms with E-state index in [1.807, 2.05) is 6.92 Å². The summed E-state index contributed by atoms with van der Waals surface area (Å²) in [6, 6.07) is 4.60. The number of nitrogens with two attached hydrogens (primary N) is 1. The summed E-state index contributed by atoms with van der Waals surface area (Å²) in [5.41, 5.74) is 5.71. The molecule has 0 fully saturated rings. The fourth-order valence-corrected chi connectivity index (χ4v) is 2.40. The fraction of sp³-hybridized carbons (Fsp3) is 0.167. The number of esters is 1. The average Bonchev–Trinajstić information content (AvgIpc) is 2.95. The SMILES string of the molecule is COC(=O)c1cc(C)sc1NC(=O)c1ccc(N)o1. The number of methoxy groups -OCH3 is 1. The van der Waals surface area contributed by atoms with E-state index in [1.165, 1.54) is 30.6 Å². The first-order valence-corrected chi connectivity index (χ1v) is 6.18. The standard InChI is InChI=1S/C12H12N2O4S/c1-6-5-7(12(16)17-2)11(19-6)14-10(15)8-3-4-9(13)18-8/h3-5H,13H2,1-2H3,(H,14,15). The largest absolute Gasteiger partial charge is 0.465 e. The lowest BCUT2D eigenvalue weighted by Gasteiger charge is -2.03. The van der Waals surface area contributed by atoms with Crippen molar-refractivity contribution < 1.29 is 18.7 Å². The number of rotatable bonds is 3. The lowest BCUT2D eigenvalue weighted by atomic mass is 10.3. The third kappa shape index (κ3) is 2.76. The van der Waals surface area contributed by atoms with Gasteiger partial charge in [0.15, 0.2) is 11.6 Å². The van der Waals surface area contributed by atoms with Crippen LogP contribution in [0.2, 0.25) is 0 Å². The Kier molecular flexibility index (Phi) is 3.57. The van der Waals surface area contributed by atoms with E-state index in [0.717, 1.165) is 4.88 Å². The minimum Gasteiger partial charge on any atom is -0.465 e. The number of thiophene rings is 1. The highest BCUT2D eigenvalue weighted by molar-refractivity contribution is 7.16. The van der Waals surface area contributed by atoms with Gasteiger partial charge in [0, 0.05) is 10.9 Å². The summed E-state index contributed by atoms with van der Waals surface area (Å²) < 4.78 is 9.66. The van der Waals surface area contributed by atoms with E-state index < -0.39 is 11.9 Å². The van der Waals surface area contributed by atoms with Gasteiger partial charge in [-0.3, -0.25) is 4.79 Å². The van der Waals surface area contributed by atoms with E-state index in [-0.39, 0.29) is 11.6 Å². The Hall–Kier alpha value is -2.28. The maximum Gasteiger partial charge on any atom is 0.340 e. The van der Waals surface area contributed by atoms with Crippen LogP contribution in [0.3, 0.4) is 0 Å². The van der Waals surface area contributed by atoms with Crippen LogP contribution < -0.4 is 11.1 Å². The molecule has 0 bridgehead atoms. The third-order valence-corrected chi connectivity index (χ3v) is 3.30. The molecule has 0 aliphatic carbocycles. The van der Waals surface area contributed by atoms with Crippen LogP contribution in [0.15, 0.2) is 22.6 Å². The summed E-state index contributed by atoms with van der Waals surface area (Å²) in [7, 11) is 1.29. The maximum absolute atomic E-state index is 11.9. The highest BCUT2D eigenvalue weighted by Gasteiger charge is 2.19. The molecule has 2 heterocycles. The number of furan rings is 1. The first-order chi connectivity index (χ1) is 9.01. The second kappa shape index (κ2) is 5.15. The quantitative estimate of drug-likeness (QED) is 0.841. The Morgan fingerprint density at radius 3 is 2.74 bits per heavy atom. The molecule has 0 unspecified atom stereocenters. The first-order valence-electron chi connectivity index (χ1n) is 5.36. The first kappa shape index (κ1) is 13.2. The molecular formula is C12H12N2O4S. The second-order valence-corrected chi connectivity index (χ2v) is 5.00. The molecule has 0 aromatic carbocycles. The summed E-state index contributed by atoms with van der Waals surface area (Å²) in [5, 5.41) is 3.03. The Bertz CT molecular complexity index is 629. The van der Waals surface area contributed by atoms with Crippen molar-refractivity contribution in [1.29, 1.82) is 0 Å². The Balaban J connectivity index is 2.24. The Morgan fingerprint density at radius 2 is 2.16 bits per heavy atom. The topological polar surface area (TPSA) is 94.6 Å². The van der Waals surface area contributed by atoms with Gasteiger partial charge in [0.25, 0.3) is 5.91 Å². The van der Waals surface area contributed by atoms with E-state index >= 15 is 0 Å². The monoisotopic (exact) mass is 280 g/mol. The third-order valence-electron chi connectivity index (χ3n) is 2.34. The highest BCUT2D eigenvalue weighted by atomic mass is 32.1. The lowest BCUT2D eigenvalue weighted by Crippen LogP contribution is -2.13. The van der Waals surface area contributed by atoms with Crippen molar-refractivity contribution in [3.8, 4) is 0 Å². The van der Waals surface area contributed by atoms with Gasteiger partial charge >= 0.3 is 5.97 Å². The molecule has 19 heavy (non-hydrogen) atoms. The summed E-state index contributed by atoms with van der Waals surface area (Å²) in [6.07, 6.45) is 0. The number of nitrogens with one attached hydrogen (secondary N) is 1. The number of hydrogen-bond donors (Lipinski definition) is 2. The summed E-state index contributed by atoms with van der Waals surface area (Å²) >= 11 is 1.28. The Morgan fingerprint density at radius 1 is 1.42 bits per heavy atom. The number of carbonyl (C=O) groups is 2. The van der Waals surface area contributed by atoms with Crippen LogP contribution in [0.5, 0.6) is 0 Å². The maximum atomic E-state index is 11.9. The number of carbonyl (C=O) groups excluding carboxylic acids is 2. The summed E-state index contributed by atoms with van der Waals surface area (Å²) in [5.74, 6) is -0.734. The minimum absolute atomic E-state index is 0.0827. The molecule has 6 nitrogen and oxygen atoms in total. The molecule has 0 saturated carbocycles. The van der Waals surface area contributed by atoms with Gasteiger partial charge in [-0.15, -0.1) is 11.3 Å². The minimum atomic E-state index is -0.501. The van der Waals surface area contributed by atoms with Crippen LogP contribution in [0.1, 0.15) is 25.8 Å². The predicted molar refractivity (Wildman–Crippen MR) is 71.5 cm³/mol. The van der Waals surface area contributed by atoms with Crippen molar-refractivity contribution in [2.45, 2.75) is 6.92 Å². The van der Waals surface area contributed by atoms with Gasteiger partial charge in [-0.2, -0.15) is 0 Å². The number of hydrogen-bond acceptors (Lipinski definition) is 6. The van der Waals surface area contributed by atoms with Crippen LogP contribution in [-0.2, 0) is 4.74 Å². The molecule has 7 heteroatoms. The molecule has 100 valence electrons. The molecule has 2 rings (SSSR count). The normalized spacial score (nSPS) is 10.2. The predicted octanol–water partition coefficient (Wildman–Crippen LogP) is 2.27. The van der Waals surface area contributed by atoms with E-state index in [4.69, 9.17) is 10.2 Å². The summed E-state index contributed by atoms with van der Waals surface area (Å²) in [4.78, 5) is 24.3. The number of aryl methyl sites for hydroxylation is 1. The lowest BCUT2D eigenvalue weighted by molar-refractivity contribution is 0.0602. The van der Waals surface area contributed by atoms with Gasteiger partial charge in [-0.25, -0.2) is 4.79 Å². The molecule has 0 saturated heterocycles. The van der Waals surface area contributed by atoms with Crippen LogP contribution in [0.25, 0.3) is 0 Å². The van der Waals surface area contributed by atoms with Crippen LogP contribution in [0, 0.1) is 6.92 Å². The van der Waals surface area contributed by atoms with Gasteiger partial charge in [0.05, 0.1) is 12.7 Å². The van der Waals surface area contributed by atoms with E-state index in [2.05, 4.69) is 10.1 Å². The zero-order valence-electron chi connectivity index (χ0n) is 10.4. The fourth-order valence-electron chi connectivity index (χ4n) is 1.51. The highest BCUT2D eigenvalue weighted by Crippen LogP contribution is 2.28. The molecular weight excluding hydrogens is 268 g/mol. The number of ether oxygens (including phenoxy) is 1. The van der Waals surface area contributed by atoms with Gasteiger partial charge in [0.2, 0.25) is 0 Å². The van der Waals surface area contributed by atoms with Gasteiger partial charge in [0.1, 0.15) is 5.00 Å². The van der Waals surface area contributed by atoms with Crippen molar-refractivity contribution in [3.63, 3.8) is 0 Å². The van der Waals surface area contributed by atoms with Crippen molar-refractivity contribution in [2.75, 3.05) is 18.2 Å². The van der Waals surface area contributed by atoms with E-state index in [1.54, 1.807) is 6.07 Å². The molecule has 3 N–H and O–H groups in total.